The van der Waals surface area contributed by atoms with Crippen LogP contribution < -0.4 is 0 Å². The Morgan fingerprint density at radius 1 is 1.12 bits per heavy atom. The highest BCUT2D eigenvalue weighted by atomic mass is 16.2. The fourth-order valence-electron chi connectivity index (χ4n) is 4.88. The Balaban J connectivity index is 1.65. The second kappa shape index (κ2) is 11.0. The normalized spacial score (nSPS) is 16.3. The van der Waals surface area contributed by atoms with Crippen molar-refractivity contribution in [1.82, 2.24) is 19.6 Å². The molecule has 2 amide bonds. The molecule has 1 aliphatic rings. The summed E-state index contributed by atoms with van der Waals surface area (Å²) in [4.78, 5) is 29.6. The Morgan fingerprint density at radius 2 is 1.79 bits per heavy atom. The quantitative estimate of drug-likeness (QED) is 0.586. The summed E-state index contributed by atoms with van der Waals surface area (Å²) in [6, 6.07) is 8.55. The lowest BCUT2D eigenvalue weighted by Crippen LogP contribution is -2.46. The van der Waals surface area contributed by atoms with Crippen LogP contribution in [-0.4, -0.2) is 57.6 Å². The maximum atomic E-state index is 13.0. The monoisotopic (exact) mass is 452 g/mol. The molecule has 0 spiro atoms. The first-order valence-electron chi connectivity index (χ1n) is 12.5. The number of rotatable bonds is 8. The number of carbonyl (C=O) groups is 2. The van der Waals surface area contributed by atoms with Crippen molar-refractivity contribution < 1.29 is 9.59 Å². The summed E-state index contributed by atoms with van der Waals surface area (Å²) in [5.41, 5.74) is 5.56. The summed E-state index contributed by atoms with van der Waals surface area (Å²) in [7, 11) is 0. The Bertz CT molecular complexity index is 957. The third-order valence-corrected chi connectivity index (χ3v) is 7.03. The zero-order chi connectivity index (χ0) is 24.1. The van der Waals surface area contributed by atoms with Gasteiger partial charge in [-0.3, -0.25) is 9.59 Å². The van der Waals surface area contributed by atoms with Crippen molar-refractivity contribution in [2.75, 3.05) is 26.2 Å². The van der Waals surface area contributed by atoms with Crippen LogP contribution in [0.4, 0.5) is 0 Å². The lowest BCUT2D eigenvalue weighted by molar-refractivity contribution is -0.140. The van der Waals surface area contributed by atoms with Gasteiger partial charge in [0, 0.05) is 38.3 Å². The molecule has 0 N–H and O–H groups in total. The average molecular weight is 453 g/mol. The van der Waals surface area contributed by atoms with Gasteiger partial charge < -0.3 is 9.80 Å². The van der Waals surface area contributed by atoms with Crippen LogP contribution in [0.5, 0.6) is 0 Å². The molecule has 0 aliphatic carbocycles. The van der Waals surface area contributed by atoms with Crippen molar-refractivity contribution >= 4 is 11.8 Å². The first kappa shape index (κ1) is 25.0. The van der Waals surface area contributed by atoms with Crippen molar-refractivity contribution in [3.05, 3.63) is 46.8 Å². The highest BCUT2D eigenvalue weighted by molar-refractivity contribution is 5.81. The summed E-state index contributed by atoms with van der Waals surface area (Å²) in [6.45, 7) is 15.3. The molecule has 6 nitrogen and oxygen atoms in total. The molecule has 1 aromatic carbocycles. The van der Waals surface area contributed by atoms with Crippen molar-refractivity contribution in [1.29, 1.82) is 0 Å². The number of aryl methyl sites for hydroxylation is 1. The van der Waals surface area contributed by atoms with Crippen LogP contribution in [0.15, 0.2) is 24.3 Å². The average Bonchev–Trinajstić information content (AvgIpc) is 3.11. The zero-order valence-electron chi connectivity index (χ0n) is 21.2. The molecule has 0 saturated carbocycles. The van der Waals surface area contributed by atoms with Gasteiger partial charge in [0.2, 0.25) is 11.8 Å². The van der Waals surface area contributed by atoms with Crippen LogP contribution >= 0.6 is 0 Å². The molecule has 1 saturated heterocycles. The van der Waals surface area contributed by atoms with Gasteiger partial charge in [0.15, 0.2) is 0 Å². The van der Waals surface area contributed by atoms with E-state index < -0.39 is 0 Å². The van der Waals surface area contributed by atoms with Crippen LogP contribution in [0.25, 0.3) is 5.69 Å². The molecule has 1 atom stereocenters. The first-order valence-corrected chi connectivity index (χ1v) is 12.5. The molecular formula is C27H40N4O2. The van der Waals surface area contributed by atoms with E-state index in [0.29, 0.717) is 25.3 Å². The predicted molar refractivity (Wildman–Crippen MR) is 133 cm³/mol. The van der Waals surface area contributed by atoms with Crippen molar-refractivity contribution in [3.63, 3.8) is 0 Å². The topological polar surface area (TPSA) is 58.4 Å². The van der Waals surface area contributed by atoms with E-state index in [1.54, 1.807) is 0 Å². The minimum absolute atomic E-state index is 0.0670. The Hall–Kier alpha value is -2.63. The van der Waals surface area contributed by atoms with Gasteiger partial charge in [-0.25, -0.2) is 4.68 Å². The van der Waals surface area contributed by atoms with E-state index in [1.165, 1.54) is 5.56 Å². The van der Waals surface area contributed by atoms with Crippen LogP contribution in [-0.2, 0) is 16.0 Å². The Morgan fingerprint density at radius 3 is 2.39 bits per heavy atom. The smallest absolute Gasteiger partial charge is 0.227 e. The fourth-order valence-corrected chi connectivity index (χ4v) is 4.88. The summed E-state index contributed by atoms with van der Waals surface area (Å²) >= 11 is 0. The van der Waals surface area contributed by atoms with E-state index in [9.17, 15) is 9.59 Å². The molecule has 0 bridgehead atoms. The predicted octanol–water partition coefficient (Wildman–Crippen LogP) is 4.65. The van der Waals surface area contributed by atoms with E-state index in [0.717, 1.165) is 55.1 Å². The van der Waals surface area contributed by atoms with Gasteiger partial charge >= 0.3 is 0 Å². The van der Waals surface area contributed by atoms with Crippen LogP contribution in [0.2, 0.25) is 0 Å². The summed E-state index contributed by atoms with van der Waals surface area (Å²) in [5, 5.41) is 4.76. The van der Waals surface area contributed by atoms with Crippen molar-refractivity contribution in [2.24, 2.45) is 5.92 Å². The van der Waals surface area contributed by atoms with E-state index in [-0.39, 0.29) is 17.7 Å². The van der Waals surface area contributed by atoms with E-state index in [4.69, 9.17) is 5.10 Å². The van der Waals surface area contributed by atoms with Crippen molar-refractivity contribution in [3.8, 4) is 5.69 Å². The van der Waals surface area contributed by atoms with Crippen LogP contribution in [0, 0.1) is 19.8 Å². The van der Waals surface area contributed by atoms with Crippen LogP contribution in [0.3, 0.4) is 0 Å². The second-order valence-corrected chi connectivity index (χ2v) is 9.50. The molecular weight excluding hydrogens is 412 g/mol. The number of aromatic nitrogens is 2. The SMILES string of the molecule is CCN(CC)C(=O)C1CCCN(C(=O)CCc2c(C)nn(-c3ccc(C(C)C)cc3)c2C)C1. The summed E-state index contributed by atoms with van der Waals surface area (Å²) < 4.78 is 1.99. The fraction of sp³-hybridized carbons (Fsp3) is 0.593. The lowest BCUT2D eigenvalue weighted by Gasteiger charge is -2.34. The van der Waals surface area contributed by atoms with Gasteiger partial charge in [0.25, 0.3) is 0 Å². The summed E-state index contributed by atoms with van der Waals surface area (Å²) in [5.74, 6) is 0.759. The molecule has 6 heteroatoms. The lowest BCUT2D eigenvalue weighted by atomic mass is 9.95. The van der Waals surface area contributed by atoms with Gasteiger partial charge in [-0.05, 0) is 76.1 Å². The van der Waals surface area contributed by atoms with E-state index in [1.807, 2.05) is 35.3 Å². The molecule has 1 fully saturated rings. The number of amides is 2. The van der Waals surface area contributed by atoms with Crippen LogP contribution in [0.1, 0.15) is 75.4 Å². The third-order valence-electron chi connectivity index (χ3n) is 7.03. The third kappa shape index (κ3) is 5.66. The van der Waals surface area contributed by atoms with Gasteiger partial charge in [-0.15, -0.1) is 0 Å². The maximum Gasteiger partial charge on any atom is 0.227 e. The molecule has 1 unspecified atom stereocenters. The minimum Gasteiger partial charge on any atom is -0.343 e. The van der Waals surface area contributed by atoms with E-state index >= 15 is 0 Å². The number of piperidine rings is 1. The Kier molecular flexibility index (Phi) is 8.33. The minimum atomic E-state index is -0.0670. The highest BCUT2D eigenvalue weighted by Crippen LogP contribution is 2.23. The Labute approximate surface area is 199 Å². The van der Waals surface area contributed by atoms with Gasteiger partial charge in [0.1, 0.15) is 0 Å². The summed E-state index contributed by atoms with van der Waals surface area (Å²) in [6.07, 6.45) is 2.89. The zero-order valence-corrected chi connectivity index (χ0v) is 21.2. The number of hydrogen-bond donors (Lipinski definition) is 0. The standard InChI is InChI=1S/C27H40N4O2/c1-7-29(8-2)27(33)23-10-9-17-30(18-23)26(32)16-15-25-20(5)28-31(21(25)6)24-13-11-22(12-14-24)19(3)4/h11-14,19,23H,7-10,15-18H2,1-6H3. The molecule has 3 rings (SSSR count). The molecule has 2 heterocycles. The molecule has 180 valence electrons. The molecule has 1 aromatic heterocycles. The first-order chi connectivity index (χ1) is 15.8. The maximum absolute atomic E-state index is 13.0. The molecule has 0 radical (unpaired) electrons. The van der Waals surface area contributed by atoms with E-state index in [2.05, 4.69) is 45.0 Å². The second-order valence-electron chi connectivity index (χ2n) is 9.50. The van der Waals surface area contributed by atoms with Gasteiger partial charge in [0.05, 0.1) is 17.3 Å². The molecule has 2 aromatic rings. The number of carbonyl (C=O) groups excluding carboxylic acids is 2. The van der Waals surface area contributed by atoms with Crippen molar-refractivity contribution in [2.45, 2.75) is 73.1 Å². The highest BCUT2D eigenvalue weighted by Gasteiger charge is 2.30. The number of benzene rings is 1. The molecule has 33 heavy (non-hydrogen) atoms. The largest absolute Gasteiger partial charge is 0.343 e. The van der Waals surface area contributed by atoms with Gasteiger partial charge in [-0.2, -0.15) is 5.10 Å². The molecule has 1 aliphatic heterocycles. The number of hydrogen-bond acceptors (Lipinski definition) is 3. The number of likely N-dealkylation sites (tertiary alicyclic amines) is 1. The number of nitrogens with zero attached hydrogens (tertiary/aromatic N) is 4. The van der Waals surface area contributed by atoms with Gasteiger partial charge in [-0.1, -0.05) is 26.0 Å².